The van der Waals surface area contributed by atoms with Gasteiger partial charge in [0.15, 0.2) is 0 Å². The van der Waals surface area contributed by atoms with Gasteiger partial charge in [-0.3, -0.25) is 9.59 Å². The molecule has 0 bridgehead atoms. The summed E-state index contributed by atoms with van der Waals surface area (Å²) in [6.45, 7) is 7.02. The van der Waals surface area contributed by atoms with Gasteiger partial charge in [0.1, 0.15) is 11.8 Å². The maximum absolute atomic E-state index is 12.6. The summed E-state index contributed by atoms with van der Waals surface area (Å²) in [4.78, 5) is 51.3. The van der Waals surface area contributed by atoms with Gasteiger partial charge in [-0.25, -0.2) is 14.4 Å². The molecular weight excluding hydrogens is 733 g/mol. The van der Waals surface area contributed by atoms with E-state index in [2.05, 4.69) is 21.3 Å². The van der Waals surface area contributed by atoms with Gasteiger partial charge in [0.2, 0.25) is 11.8 Å². The number of unbranched alkanes of at least 4 members (excludes halogenated alkanes) is 1. The van der Waals surface area contributed by atoms with Crippen molar-refractivity contribution in [2.24, 2.45) is 5.73 Å². The first-order valence-corrected chi connectivity index (χ1v) is 15.3. The molecule has 302 valence electrons. The van der Waals surface area contributed by atoms with E-state index in [4.69, 9.17) is 35.4 Å². The fourth-order valence-electron chi connectivity index (χ4n) is 3.10. The van der Waals surface area contributed by atoms with Crippen LogP contribution in [0.25, 0.3) is 0 Å². The molecular formula is C29H44F9N5O9. The zero-order valence-electron chi connectivity index (χ0n) is 27.9. The first-order valence-electron chi connectivity index (χ1n) is 15.3. The Balaban J connectivity index is -0.000000919. The smallest absolute Gasteiger partial charge is 0.490 e. The van der Waals surface area contributed by atoms with E-state index in [-0.39, 0.29) is 17.6 Å². The lowest BCUT2D eigenvalue weighted by molar-refractivity contribution is -0.193. The summed E-state index contributed by atoms with van der Waals surface area (Å²) in [6.07, 6.45) is -9.65. The number of carbonyl (C=O) groups excluding carboxylic acids is 2. The number of amides is 2. The number of hydrogen-bond donors (Lipinski definition) is 9. The number of aliphatic carboxylic acids is 3. The molecule has 0 aliphatic carbocycles. The fourth-order valence-corrected chi connectivity index (χ4v) is 3.10. The molecule has 0 aromatic heterocycles. The predicted molar refractivity (Wildman–Crippen MR) is 166 cm³/mol. The lowest BCUT2D eigenvalue weighted by Crippen LogP contribution is -2.48. The Morgan fingerprint density at radius 2 is 1.06 bits per heavy atom. The third-order valence-electron chi connectivity index (χ3n) is 5.58. The van der Waals surface area contributed by atoms with E-state index in [0.29, 0.717) is 19.4 Å². The second kappa shape index (κ2) is 28.2. The standard InChI is InChI=1S/C23H41N5O3.3C2HF3O2/c1-2-7-22(30)28-21(18-19-8-10-20(29)11-9-19)23(31)27-17-6-16-26-14-4-3-13-25-15-5-12-24;3*3-2(4,5)1(6)7/h8-11,21,25-26,29H,2-7,12-18,24H2,1H3,(H,27,31)(H,28,30);3*(H,6,7)/t21-;;;/m0.../s1. The number of phenols is 1. The van der Waals surface area contributed by atoms with Crippen molar-refractivity contribution in [3.05, 3.63) is 29.8 Å². The highest BCUT2D eigenvalue weighted by Crippen LogP contribution is 2.15. The van der Waals surface area contributed by atoms with Crippen molar-refractivity contribution in [3.8, 4) is 5.75 Å². The maximum atomic E-state index is 12.6. The first kappa shape index (κ1) is 52.0. The summed E-state index contributed by atoms with van der Waals surface area (Å²) in [5, 5.41) is 43.3. The largest absolute Gasteiger partial charge is 0.508 e. The molecule has 1 aromatic carbocycles. The number of halogens is 9. The lowest BCUT2D eigenvalue weighted by atomic mass is 10.0. The molecule has 0 saturated carbocycles. The third kappa shape index (κ3) is 32.8. The van der Waals surface area contributed by atoms with Crippen LogP contribution in [0.5, 0.6) is 5.75 Å². The molecule has 0 aliphatic heterocycles. The second-order valence-corrected chi connectivity index (χ2v) is 10.1. The molecule has 1 aromatic rings. The highest BCUT2D eigenvalue weighted by Gasteiger charge is 2.39. The topological polar surface area (TPSA) is 240 Å². The van der Waals surface area contributed by atoms with Crippen molar-refractivity contribution >= 4 is 29.7 Å². The van der Waals surface area contributed by atoms with E-state index in [1.807, 2.05) is 6.92 Å². The van der Waals surface area contributed by atoms with Gasteiger partial charge in [-0.2, -0.15) is 39.5 Å². The van der Waals surface area contributed by atoms with Gasteiger partial charge < -0.3 is 47.4 Å². The zero-order chi connectivity index (χ0) is 41.0. The number of carboxylic acid groups (broad SMARTS) is 3. The number of rotatable bonds is 18. The SMILES string of the molecule is CCCC(=O)N[C@@H](Cc1ccc(O)cc1)C(=O)NCCCNCCCCNCCCN.O=C(O)C(F)(F)F.O=C(O)C(F)(F)F.O=C(O)C(F)(F)F. The monoisotopic (exact) mass is 777 g/mol. The molecule has 1 atom stereocenters. The molecule has 0 unspecified atom stereocenters. The Kier molecular flexibility index (Phi) is 28.2. The van der Waals surface area contributed by atoms with Crippen LogP contribution in [-0.4, -0.2) is 114 Å². The summed E-state index contributed by atoms with van der Waals surface area (Å²) < 4.78 is 95.2. The van der Waals surface area contributed by atoms with Crippen molar-refractivity contribution in [2.75, 3.05) is 39.3 Å². The van der Waals surface area contributed by atoms with E-state index in [9.17, 15) is 54.2 Å². The third-order valence-corrected chi connectivity index (χ3v) is 5.58. The molecule has 0 heterocycles. The molecule has 23 heteroatoms. The summed E-state index contributed by atoms with van der Waals surface area (Å²) in [6, 6.07) is 6.07. The van der Waals surface area contributed by atoms with Gasteiger partial charge in [0.25, 0.3) is 0 Å². The van der Waals surface area contributed by atoms with Crippen molar-refractivity contribution in [1.82, 2.24) is 21.3 Å². The van der Waals surface area contributed by atoms with Crippen LogP contribution in [0.4, 0.5) is 39.5 Å². The first-order chi connectivity index (χ1) is 23.9. The van der Waals surface area contributed by atoms with E-state index in [1.54, 1.807) is 24.3 Å². The van der Waals surface area contributed by atoms with Crippen molar-refractivity contribution in [3.63, 3.8) is 0 Å². The number of nitrogens with one attached hydrogen (secondary N) is 4. The number of phenolic OH excluding ortho intramolecular Hbond substituents is 1. The summed E-state index contributed by atoms with van der Waals surface area (Å²) in [5.74, 6) is -8.40. The highest BCUT2D eigenvalue weighted by atomic mass is 19.4. The number of aromatic hydroxyl groups is 1. The van der Waals surface area contributed by atoms with Crippen LogP contribution in [0.15, 0.2) is 24.3 Å². The molecule has 0 spiro atoms. The van der Waals surface area contributed by atoms with E-state index in [0.717, 1.165) is 70.4 Å². The minimum Gasteiger partial charge on any atom is -0.508 e. The van der Waals surface area contributed by atoms with Gasteiger partial charge in [0, 0.05) is 19.4 Å². The van der Waals surface area contributed by atoms with Crippen molar-refractivity contribution in [2.45, 2.75) is 76.4 Å². The normalized spacial score (nSPS) is 11.6. The average Bonchev–Trinajstić information content (AvgIpc) is 3.02. The number of nitrogens with two attached hydrogens (primary N) is 1. The van der Waals surface area contributed by atoms with Crippen LogP contribution in [0.2, 0.25) is 0 Å². The molecule has 10 N–H and O–H groups in total. The molecule has 52 heavy (non-hydrogen) atoms. The number of carboxylic acids is 3. The van der Waals surface area contributed by atoms with E-state index < -0.39 is 42.5 Å². The fraction of sp³-hybridized carbons (Fsp3) is 0.621. The van der Waals surface area contributed by atoms with E-state index in [1.165, 1.54) is 0 Å². The van der Waals surface area contributed by atoms with E-state index >= 15 is 0 Å². The second-order valence-electron chi connectivity index (χ2n) is 10.1. The quantitative estimate of drug-likeness (QED) is 0.0773. The molecule has 0 fully saturated rings. The Labute approximate surface area is 292 Å². The molecule has 1 rings (SSSR count). The number of alkyl halides is 9. The van der Waals surface area contributed by atoms with Crippen molar-refractivity contribution in [1.29, 1.82) is 0 Å². The Bertz CT molecular complexity index is 1110. The number of benzene rings is 1. The van der Waals surface area contributed by atoms with Crippen LogP contribution in [0.3, 0.4) is 0 Å². The molecule has 0 saturated heterocycles. The van der Waals surface area contributed by atoms with Crippen molar-refractivity contribution < 1.29 is 83.9 Å². The Hall–Kier alpha value is -4.38. The molecule has 14 nitrogen and oxygen atoms in total. The minimum atomic E-state index is -5.08. The van der Waals surface area contributed by atoms with Crippen LogP contribution in [0.1, 0.15) is 51.0 Å². The van der Waals surface area contributed by atoms with Crippen LogP contribution >= 0.6 is 0 Å². The Morgan fingerprint density at radius 1 is 0.673 bits per heavy atom. The minimum absolute atomic E-state index is 0.124. The van der Waals surface area contributed by atoms with Crippen LogP contribution in [-0.2, 0) is 30.4 Å². The van der Waals surface area contributed by atoms with Gasteiger partial charge >= 0.3 is 36.4 Å². The van der Waals surface area contributed by atoms with Gasteiger partial charge in [-0.15, -0.1) is 0 Å². The molecule has 0 radical (unpaired) electrons. The molecule has 2 amide bonds. The number of carbonyl (C=O) groups is 5. The zero-order valence-corrected chi connectivity index (χ0v) is 27.9. The molecule has 0 aliphatic rings. The Morgan fingerprint density at radius 3 is 1.42 bits per heavy atom. The van der Waals surface area contributed by atoms with Gasteiger partial charge in [-0.1, -0.05) is 19.1 Å². The summed E-state index contributed by atoms with van der Waals surface area (Å²) >= 11 is 0. The average molecular weight is 778 g/mol. The predicted octanol–water partition coefficient (Wildman–Crippen LogP) is 2.93. The highest BCUT2D eigenvalue weighted by molar-refractivity contribution is 5.87. The lowest BCUT2D eigenvalue weighted by Gasteiger charge is -2.19. The maximum Gasteiger partial charge on any atom is 0.490 e. The van der Waals surface area contributed by atoms with Gasteiger partial charge in [0.05, 0.1) is 0 Å². The summed E-state index contributed by atoms with van der Waals surface area (Å²) in [7, 11) is 0. The number of hydrogen-bond acceptors (Lipinski definition) is 9. The van der Waals surface area contributed by atoms with Crippen LogP contribution < -0.4 is 27.0 Å². The van der Waals surface area contributed by atoms with Gasteiger partial charge in [-0.05, 0) is 82.5 Å². The summed E-state index contributed by atoms with van der Waals surface area (Å²) in [5.41, 5.74) is 6.34. The van der Waals surface area contributed by atoms with Crippen LogP contribution in [0, 0.1) is 0 Å².